The Labute approximate surface area is 112 Å². The van der Waals surface area contributed by atoms with E-state index in [2.05, 4.69) is 27.7 Å². The number of ether oxygens (including phenoxy) is 1. The monoisotopic (exact) mass is 260 g/mol. The van der Waals surface area contributed by atoms with Crippen molar-refractivity contribution in [2.75, 3.05) is 13.7 Å². The van der Waals surface area contributed by atoms with E-state index in [1.807, 2.05) is 0 Å². The van der Waals surface area contributed by atoms with Crippen molar-refractivity contribution in [1.29, 1.82) is 0 Å². The summed E-state index contributed by atoms with van der Waals surface area (Å²) in [5.41, 5.74) is 0.324. The third-order valence-electron chi connectivity index (χ3n) is 5.02. The van der Waals surface area contributed by atoms with Crippen molar-refractivity contribution in [3.05, 3.63) is 0 Å². The summed E-state index contributed by atoms with van der Waals surface area (Å²) in [6.45, 7) is 10.3. The molecule has 1 nitrogen and oxygen atoms in total. The second kappa shape index (κ2) is 6.43. The van der Waals surface area contributed by atoms with Crippen LogP contribution in [0.25, 0.3) is 0 Å². The maximum absolute atomic E-state index is 6.61. The molecule has 0 aromatic carbocycles. The number of rotatable bonds is 5. The Hall–Kier alpha value is 0.250. The molecule has 0 aromatic rings. The molecule has 4 unspecified atom stereocenters. The summed E-state index contributed by atoms with van der Waals surface area (Å²) in [5, 5.41) is 0.360. The molecule has 0 N–H and O–H groups in total. The van der Waals surface area contributed by atoms with Gasteiger partial charge in [-0.2, -0.15) is 0 Å². The van der Waals surface area contributed by atoms with Gasteiger partial charge in [0.05, 0.1) is 0 Å². The predicted molar refractivity (Wildman–Crippen MR) is 75.6 cm³/mol. The molecule has 0 saturated heterocycles. The molecule has 1 rings (SSSR count). The van der Waals surface area contributed by atoms with Crippen molar-refractivity contribution in [2.45, 2.75) is 58.8 Å². The van der Waals surface area contributed by atoms with E-state index >= 15 is 0 Å². The largest absolute Gasteiger partial charge is 0.385 e. The predicted octanol–water partition coefficient (Wildman–Crippen LogP) is 4.73. The fraction of sp³-hybridized carbons (Fsp3) is 1.00. The highest BCUT2D eigenvalue weighted by Crippen LogP contribution is 2.47. The van der Waals surface area contributed by atoms with Crippen LogP contribution in [0.15, 0.2) is 0 Å². The molecule has 0 radical (unpaired) electrons. The second-order valence-corrected chi connectivity index (χ2v) is 7.11. The Morgan fingerprint density at radius 1 is 1.35 bits per heavy atom. The summed E-state index contributed by atoms with van der Waals surface area (Å²) in [5.74, 6) is 2.13. The minimum atomic E-state index is 0.324. The first-order chi connectivity index (χ1) is 7.89. The Morgan fingerprint density at radius 3 is 2.53 bits per heavy atom. The van der Waals surface area contributed by atoms with Crippen molar-refractivity contribution in [2.24, 2.45) is 23.2 Å². The third kappa shape index (κ3) is 3.86. The average Bonchev–Trinajstić information content (AvgIpc) is 2.25. The molecular formula is C15H29ClO. The van der Waals surface area contributed by atoms with Crippen LogP contribution in [0, 0.1) is 23.2 Å². The van der Waals surface area contributed by atoms with E-state index in [0.717, 1.165) is 18.9 Å². The van der Waals surface area contributed by atoms with Gasteiger partial charge in [0.25, 0.3) is 0 Å². The quantitative estimate of drug-likeness (QED) is 0.650. The maximum atomic E-state index is 6.61. The fourth-order valence-electron chi connectivity index (χ4n) is 3.18. The summed E-state index contributed by atoms with van der Waals surface area (Å²) in [7, 11) is 1.78. The van der Waals surface area contributed by atoms with E-state index in [-0.39, 0.29) is 0 Å². The Morgan fingerprint density at radius 2 is 2.00 bits per heavy atom. The molecular weight excluding hydrogens is 232 g/mol. The van der Waals surface area contributed by atoms with Crippen LogP contribution in [-0.2, 0) is 4.74 Å². The minimum absolute atomic E-state index is 0.324. The number of methoxy groups -OCH3 is 1. The van der Waals surface area contributed by atoms with E-state index in [4.69, 9.17) is 16.3 Å². The van der Waals surface area contributed by atoms with Crippen LogP contribution in [0.5, 0.6) is 0 Å². The van der Waals surface area contributed by atoms with Gasteiger partial charge in [-0.15, -0.1) is 11.6 Å². The molecule has 4 atom stereocenters. The summed E-state index contributed by atoms with van der Waals surface area (Å²) in [6.07, 6.45) is 4.96. The zero-order valence-electron chi connectivity index (χ0n) is 12.1. The normalized spacial score (nSPS) is 32.5. The lowest BCUT2D eigenvalue weighted by atomic mass is 9.63. The summed E-state index contributed by atoms with van der Waals surface area (Å²) in [4.78, 5) is 0. The van der Waals surface area contributed by atoms with Gasteiger partial charge in [-0.3, -0.25) is 0 Å². The van der Waals surface area contributed by atoms with Crippen LogP contribution in [-0.4, -0.2) is 19.1 Å². The topological polar surface area (TPSA) is 9.23 Å². The van der Waals surface area contributed by atoms with Gasteiger partial charge in [0, 0.05) is 19.1 Å². The molecule has 0 aliphatic heterocycles. The van der Waals surface area contributed by atoms with Gasteiger partial charge in [0.1, 0.15) is 0 Å². The van der Waals surface area contributed by atoms with Gasteiger partial charge in [-0.1, -0.05) is 34.1 Å². The first kappa shape index (κ1) is 15.3. The molecule has 1 fully saturated rings. The minimum Gasteiger partial charge on any atom is -0.385 e. The summed E-state index contributed by atoms with van der Waals surface area (Å²) >= 11 is 6.61. The van der Waals surface area contributed by atoms with Crippen LogP contribution in [0.1, 0.15) is 53.4 Å². The second-order valence-electron chi connectivity index (χ2n) is 6.54. The van der Waals surface area contributed by atoms with Gasteiger partial charge >= 0.3 is 0 Å². The molecule has 1 aliphatic rings. The Bertz CT molecular complexity index is 227. The van der Waals surface area contributed by atoms with E-state index in [0.29, 0.717) is 22.6 Å². The van der Waals surface area contributed by atoms with Gasteiger partial charge in [-0.25, -0.2) is 0 Å². The van der Waals surface area contributed by atoms with Gasteiger partial charge < -0.3 is 4.74 Å². The molecule has 0 heterocycles. The molecule has 102 valence electrons. The van der Waals surface area contributed by atoms with Crippen LogP contribution in [0.2, 0.25) is 0 Å². The zero-order chi connectivity index (χ0) is 13.1. The third-order valence-corrected chi connectivity index (χ3v) is 5.50. The lowest BCUT2D eigenvalue weighted by Gasteiger charge is -2.45. The molecule has 1 saturated carbocycles. The number of hydrogen-bond donors (Lipinski definition) is 0. The van der Waals surface area contributed by atoms with Gasteiger partial charge in [0.2, 0.25) is 0 Å². The molecule has 0 amide bonds. The van der Waals surface area contributed by atoms with Crippen molar-refractivity contribution in [3.63, 3.8) is 0 Å². The van der Waals surface area contributed by atoms with E-state index in [1.54, 1.807) is 7.11 Å². The SMILES string of the molecule is COCCC(C)C(C)(C)C1CCC(C)CC1Cl. The number of halogens is 1. The Kier molecular flexibility index (Phi) is 5.79. The highest BCUT2D eigenvalue weighted by Gasteiger charge is 2.40. The lowest BCUT2D eigenvalue weighted by Crippen LogP contribution is -2.40. The molecule has 1 aliphatic carbocycles. The summed E-state index contributed by atoms with van der Waals surface area (Å²) < 4.78 is 5.21. The smallest absolute Gasteiger partial charge is 0.0465 e. The molecule has 0 bridgehead atoms. The highest BCUT2D eigenvalue weighted by atomic mass is 35.5. The van der Waals surface area contributed by atoms with Gasteiger partial charge in [-0.05, 0) is 42.4 Å². The summed E-state index contributed by atoms with van der Waals surface area (Å²) in [6, 6.07) is 0. The maximum Gasteiger partial charge on any atom is 0.0465 e. The lowest BCUT2D eigenvalue weighted by molar-refractivity contribution is 0.0609. The zero-order valence-corrected chi connectivity index (χ0v) is 12.9. The van der Waals surface area contributed by atoms with Crippen molar-refractivity contribution in [1.82, 2.24) is 0 Å². The van der Waals surface area contributed by atoms with Crippen LogP contribution in [0.3, 0.4) is 0 Å². The van der Waals surface area contributed by atoms with Crippen LogP contribution < -0.4 is 0 Å². The van der Waals surface area contributed by atoms with Crippen LogP contribution in [0.4, 0.5) is 0 Å². The molecule has 0 spiro atoms. The molecule has 17 heavy (non-hydrogen) atoms. The van der Waals surface area contributed by atoms with E-state index in [1.165, 1.54) is 19.3 Å². The van der Waals surface area contributed by atoms with Crippen molar-refractivity contribution >= 4 is 11.6 Å². The van der Waals surface area contributed by atoms with Crippen LogP contribution >= 0.6 is 11.6 Å². The average molecular weight is 261 g/mol. The van der Waals surface area contributed by atoms with Crippen molar-refractivity contribution in [3.8, 4) is 0 Å². The van der Waals surface area contributed by atoms with E-state index < -0.39 is 0 Å². The first-order valence-electron chi connectivity index (χ1n) is 7.02. The standard InChI is InChI=1S/C15H29ClO/c1-11-6-7-13(14(16)10-11)15(3,4)12(2)8-9-17-5/h11-14H,6-10H2,1-5H3. The highest BCUT2D eigenvalue weighted by molar-refractivity contribution is 6.20. The Balaban J connectivity index is 2.61. The van der Waals surface area contributed by atoms with Crippen molar-refractivity contribution < 1.29 is 4.74 Å². The number of alkyl halides is 1. The van der Waals surface area contributed by atoms with E-state index in [9.17, 15) is 0 Å². The van der Waals surface area contributed by atoms with Gasteiger partial charge in [0.15, 0.2) is 0 Å². The first-order valence-corrected chi connectivity index (χ1v) is 7.46. The fourth-order valence-corrected chi connectivity index (χ4v) is 3.94. The molecule has 2 heteroatoms. The number of hydrogen-bond acceptors (Lipinski definition) is 1. The molecule has 0 aromatic heterocycles.